The van der Waals surface area contributed by atoms with E-state index < -0.39 is 0 Å². The van der Waals surface area contributed by atoms with E-state index in [4.69, 9.17) is 0 Å². The SMILES string of the molecule is C[NH+]1CCCN(C(=O)Cc2ccccc2F)CC1. The molecule has 0 aromatic heterocycles. The Labute approximate surface area is 107 Å². The molecule has 4 heteroatoms. The number of likely N-dealkylation sites (N-methyl/N-ethyl adjacent to an activating group) is 1. The Morgan fingerprint density at radius 2 is 2.11 bits per heavy atom. The van der Waals surface area contributed by atoms with Crippen LogP contribution in [-0.4, -0.2) is 44.0 Å². The third-order valence-corrected chi connectivity index (χ3v) is 3.49. The van der Waals surface area contributed by atoms with Crippen molar-refractivity contribution < 1.29 is 14.1 Å². The van der Waals surface area contributed by atoms with Crippen LogP contribution in [0.25, 0.3) is 0 Å². The Morgan fingerprint density at radius 1 is 1.33 bits per heavy atom. The summed E-state index contributed by atoms with van der Waals surface area (Å²) in [4.78, 5) is 15.4. The number of nitrogens with one attached hydrogen (secondary N) is 1. The van der Waals surface area contributed by atoms with E-state index in [9.17, 15) is 9.18 Å². The molecule has 0 radical (unpaired) electrons. The van der Waals surface area contributed by atoms with E-state index in [0.29, 0.717) is 5.56 Å². The Morgan fingerprint density at radius 3 is 2.89 bits per heavy atom. The first kappa shape index (κ1) is 13.0. The average molecular weight is 251 g/mol. The molecule has 0 bridgehead atoms. The molecule has 1 heterocycles. The predicted molar refractivity (Wildman–Crippen MR) is 67.9 cm³/mol. The molecule has 1 unspecified atom stereocenters. The van der Waals surface area contributed by atoms with Crippen LogP contribution in [0.5, 0.6) is 0 Å². The van der Waals surface area contributed by atoms with Gasteiger partial charge in [-0.25, -0.2) is 4.39 Å². The van der Waals surface area contributed by atoms with Gasteiger partial charge in [0.2, 0.25) is 5.91 Å². The summed E-state index contributed by atoms with van der Waals surface area (Å²) in [6, 6.07) is 6.50. The van der Waals surface area contributed by atoms with Crippen molar-refractivity contribution in [2.75, 3.05) is 33.2 Å². The second kappa shape index (κ2) is 5.96. The van der Waals surface area contributed by atoms with Gasteiger partial charge in [0.15, 0.2) is 0 Å². The predicted octanol–water partition coefficient (Wildman–Crippen LogP) is 0.115. The first-order valence-electron chi connectivity index (χ1n) is 6.49. The van der Waals surface area contributed by atoms with Crippen molar-refractivity contribution >= 4 is 5.91 Å². The molecule has 1 aliphatic heterocycles. The zero-order valence-corrected chi connectivity index (χ0v) is 10.8. The molecule has 18 heavy (non-hydrogen) atoms. The van der Waals surface area contributed by atoms with Gasteiger partial charge in [0.05, 0.1) is 33.1 Å². The molecule has 1 aromatic carbocycles. The van der Waals surface area contributed by atoms with Gasteiger partial charge in [-0.3, -0.25) is 4.79 Å². The summed E-state index contributed by atoms with van der Waals surface area (Å²) in [6.45, 7) is 3.65. The summed E-state index contributed by atoms with van der Waals surface area (Å²) in [5.41, 5.74) is 0.493. The van der Waals surface area contributed by atoms with Crippen molar-refractivity contribution in [3.8, 4) is 0 Å². The second-order valence-corrected chi connectivity index (χ2v) is 4.96. The first-order chi connectivity index (χ1) is 8.66. The smallest absolute Gasteiger partial charge is 0.227 e. The molecule has 1 aromatic rings. The van der Waals surface area contributed by atoms with Crippen LogP contribution in [0.15, 0.2) is 24.3 Å². The number of rotatable bonds is 2. The highest BCUT2D eigenvalue weighted by molar-refractivity contribution is 5.78. The second-order valence-electron chi connectivity index (χ2n) is 4.96. The summed E-state index contributed by atoms with van der Waals surface area (Å²) < 4.78 is 13.5. The van der Waals surface area contributed by atoms with Crippen molar-refractivity contribution in [2.24, 2.45) is 0 Å². The van der Waals surface area contributed by atoms with Gasteiger partial charge < -0.3 is 9.80 Å². The molecule has 1 fully saturated rings. The van der Waals surface area contributed by atoms with E-state index in [1.165, 1.54) is 11.0 Å². The molecule has 98 valence electrons. The zero-order chi connectivity index (χ0) is 13.0. The summed E-state index contributed by atoms with van der Waals surface area (Å²) in [5.74, 6) is -0.252. The largest absolute Gasteiger partial charge is 0.337 e. The maximum atomic E-state index is 13.5. The van der Waals surface area contributed by atoms with Crippen molar-refractivity contribution in [1.82, 2.24) is 4.90 Å². The van der Waals surface area contributed by atoms with Crippen LogP contribution in [0.1, 0.15) is 12.0 Å². The van der Waals surface area contributed by atoms with Gasteiger partial charge in [0, 0.05) is 13.0 Å². The van der Waals surface area contributed by atoms with Gasteiger partial charge in [0.25, 0.3) is 0 Å². The molecule has 1 atom stereocenters. The first-order valence-corrected chi connectivity index (χ1v) is 6.49. The summed E-state index contributed by atoms with van der Waals surface area (Å²) in [5, 5.41) is 0. The number of hydrogen-bond donors (Lipinski definition) is 1. The van der Waals surface area contributed by atoms with Crippen molar-refractivity contribution in [3.05, 3.63) is 35.6 Å². The van der Waals surface area contributed by atoms with Crippen LogP contribution >= 0.6 is 0 Å². The molecular formula is C14H20FN2O+. The lowest BCUT2D eigenvalue weighted by Crippen LogP contribution is -3.09. The molecular weight excluding hydrogens is 231 g/mol. The summed E-state index contributed by atoms with van der Waals surface area (Å²) in [7, 11) is 2.14. The fourth-order valence-electron chi connectivity index (χ4n) is 2.30. The molecule has 1 saturated heterocycles. The van der Waals surface area contributed by atoms with E-state index in [-0.39, 0.29) is 18.1 Å². The van der Waals surface area contributed by atoms with Crippen molar-refractivity contribution in [3.63, 3.8) is 0 Å². The van der Waals surface area contributed by atoms with Gasteiger partial charge in [-0.05, 0) is 11.6 Å². The molecule has 3 nitrogen and oxygen atoms in total. The summed E-state index contributed by atoms with van der Waals surface area (Å²) in [6.07, 6.45) is 1.20. The maximum Gasteiger partial charge on any atom is 0.227 e. The van der Waals surface area contributed by atoms with Gasteiger partial charge in [-0.15, -0.1) is 0 Å². The number of carbonyl (C=O) groups is 1. The average Bonchev–Trinajstić information content (AvgIpc) is 2.57. The quantitative estimate of drug-likeness (QED) is 0.793. The Balaban J connectivity index is 1.97. The van der Waals surface area contributed by atoms with Crippen LogP contribution in [0.2, 0.25) is 0 Å². The van der Waals surface area contributed by atoms with Crippen LogP contribution in [0.3, 0.4) is 0 Å². The van der Waals surface area contributed by atoms with Crippen LogP contribution in [-0.2, 0) is 11.2 Å². The monoisotopic (exact) mass is 251 g/mol. The van der Waals surface area contributed by atoms with E-state index >= 15 is 0 Å². The van der Waals surface area contributed by atoms with Crippen LogP contribution in [0, 0.1) is 5.82 Å². The zero-order valence-electron chi connectivity index (χ0n) is 10.8. The lowest BCUT2D eigenvalue weighted by molar-refractivity contribution is -0.877. The minimum Gasteiger partial charge on any atom is -0.337 e. The number of halogens is 1. The molecule has 1 N–H and O–H groups in total. The summed E-state index contributed by atoms with van der Waals surface area (Å²) >= 11 is 0. The fraction of sp³-hybridized carbons (Fsp3) is 0.500. The van der Waals surface area contributed by atoms with Crippen molar-refractivity contribution in [2.45, 2.75) is 12.8 Å². The third kappa shape index (κ3) is 3.29. The highest BCUT2D eigenvalue weighted by Crippen LogP contribution is 2.09. The Bertz CT molecular complexity index is 422. The fourth-order valence-corrected chi connectivity index (χ4v) is 2.30. The normalized spacial score (nSPS) is 20.6. The maximum absolute atomic E-state index is 13.5. The highest BCUT2D eigenvalue weighted by atomic mass is 19.1. The van der Waals surface area contributed by atoms with Gasteiger partial charge in [-0.1, -0.05) is 18.2 Å². The molecule has 2 rings (SSSR count). The lowest BCUT2D eigenvalue weighted by Gasteiger charge is -2.19. The third-order valence-electron chi connectivity index (χ3n) is 3.49. The standard InChI is InChI=1S/C14H19FN2O/c1-16-7-4-8-17(10-9-16)14(18)11-12-5-2-3-6-13(12)15/h2-3,5-6H,4,7-11H2,1H3/p+1. The van der Waals surface area contributed by atoms with Gasteiger partial charge in [-0.2, -0.15) is 0 Å². The van der Waals surface area contributed by atoms with Gasteiger partial charge >= 0.3 is 0 Å². The van der Waals surface area contributed by atoms with Crippen molar-refractivity contribution in [1.29, 1.82) is 0 Å². The molecule has 1 amide bonds. The minimum atomic E-state index is -0.289. The molecule has 0 spiro atoms. The van der Waals surface area contributed by atoms with E-state index in [1.807, 2.05) is 4.90 Å². The number of nitrogens with zero attached hydrogens (tertiary/aromatic N) is 1. The number of amides is 1. The van der Waals surface area contributed by atoms with E-state index in [1.54, 1.807) is 18.2 Å². The van der Waals surface area contributed by atoms with Crippen LogP contribution in [0.4, 0.5) is 4.39 Å². The number of hydrogen-bond acceptors (Lipinski definition) is 1. The number of quaternary nitrogens is 1. The molecule has 0 saturated carbocycles. The molecule has 0 aliphatic carbocycles. The topological polar surface area (TPSA) is 24.8 Å². The number of carbonyl (C=O) groups excluding carboxylic acids is 1. The lowest BCUT2D eigenvalue weighted by atomic mass is 10.1. The van der Waals surface area contributed by atoms with E-state index in [2.05, 4.69) is 7.05 Å². The van der Waals surface area contributed by atoms with Gasteiger partial charge in [0.1, 0.15) is 5.82 Å². The highest BCUT2D eigenvalue weighted by Gasteiger charge is 2.20. The van der Waals surface area contributed by atoms with Crippen LogP contribution < -0.4 is 4.90 Å². The number of benzene rings is 1. The minimum absolute atomic E-state index is 0.0369. The molecule has 1 aliphatic rings. The van der Waals surface area contributed by atoms with E-state index in [0.717, 1.165) is 32.6 Å². The Hall–Kier alpha value is -1.42. The Kier molecular flexibility index (Phi) is 4.31.